The van der Waals surface area contributed by atoms with Crippen LogP contribution in [0.5, 0.6) is 0 Å². The molecule has 0 unspecified atom stereocenters. The van der Waals surface area contributed by atoms with Gasteiger partial charge in [0, 0.05) is 35.2 Å². The van der Waals surface area contributed by atoms with Gasteiger partial charge in [-0.25, -0.2) is 0 Å². The van der Waals surface area contributed by atoms with Crippen LogP contribution in [-0.4, -0.2) is 28.3 Å². The Morgan fingerprint density at radius 1 is 0.963 bits per heavy atom. The molecule has 0 atom stereocenters. The maximum Gasteiger partial charge on any atom is 0.249 e. The standard InChI is InChI=1S/C20H21ClN6/c1-14-4-5-16(12-18(14)21)24-20-25-19(13-22-26-20)23-15-6-8-17(9-7-15)27-10-2-3-11-27/h4-9,12-13H,2-3,10-11H2,1H3,(H2,23,24,25,26). The summed E-state index contributed by atoms with van der Waals surface area (Å²) >= 11 is 6.17. The van der Waals surface area contributed by atoms with Gasteiger partial charge in [-0.05, 0) is 61.7 Å². The van der Waals surface area contributed by atoms with Crippen molar-refractivity contribution in [3.63, 3.8) is 0 Å². The van der Waals surface area contributed by atoms with Crippen molar-refractivity contribution in [1.82, 2.24) is 15.2 Å². The molecule has 27 heavy (non-hydrogen) atoms. The Hall–Kier alpha value is -2.86. The number of aromatic nitrogens is 3. The molecule has 1 aliphatic heterocycles. The van der Waals surface area contributed by atoms with Gasteiger partial charge >= 0.3 is 0 Å². The molecule has 3 aromatic rings. The van der Waals surface area contributed by atoms with Gasteiger partial charge in [-0.2, -0.15) is 10.1 Å². The second-order valence-corrected chi connectivity index (χ2v) is 7.03. The minimum atomic E-state index is 0.411. The number of aryl methyl sites for hydroxylation is 1. The van der Waals surface area contributed by atoms with Crippen molar-refractivity contribution in [2.75, 3.05) is 28.6 Å². The molecule has 2 N–H and O–H groups in total. The maximum absolute atomic E-state index is 6.17. The maximum atomic E-state index is 6.17. The third kappa shape index (κ3) is 4.28. The Balaban J connectivity index is 1.45. The van der Waals surface area contributed by atoms with Gasteiger partial charge in [0.15, 0.2) is 5.82 Å². The van der Waals surface area contributed by atoms with Gasteiger partial charge in [-0.3, -0.25) is 0 Å². The van der Waals surface area contributed by atoms with E-state index in [9.17, 15) is 0 Å². The molecule has 138 valence electrons. The van der Waals surface area contributed by atoms with E-state index in [4.69, 9.17) is 11.6 Å². The second-order valence-electron chi connectivity index (χ2n) is 6.62. The molecule has 1 fully saturated rings. The summed E-state index contributed by atoms with van der Waals surface area (Å²) in [5.74, 6) is 1.04. The summed E-state index contributed by atoms with van der Waals surface area (Å²) in [6.07, 6.45) is 4.14. The quantitative estimate of drug-likeness (QED) is 0.654. The van der Waals surface area contributed by atoms with E-state index >= 15 is 0 Å². The van der Waals surface area contributed by atoms with Crippen LogP contribution in [-0.2, 0) is 0 Å². The number of rotatable bonds is 5. The molecule has 0 bridgehead atoms. The van der Waals surface area contributed by atoms with Crippen molar-refractivity contribution in [1.29, 1.82) is 0 Å². The minimum Gasteiger partial charge on any atom is -0.372 e. The summed E-state index contributed by atoms with van der Waals surface area (Å²) in [5, 5.41) is 15.1. The van der Waals surface area contributed by atoms with Crippen LogP contribution in [0.3, 0.4) is 0 Å². The highest BCUT2D eigenvalue weighted by Crippen LogP contribution is 2.24. The molecule has 2 heterocycles. The lowest BCUT2D eigenvalue weighted by Gasteiger charge is -2.17. The fourth-order valence-corrected chi connectivity index (χ4v) is 3.28. The van der Waals surface area contributed by atoms with Crippen LogP contribution in [0.15, 0.2) is 48.7 Å². The normalized spacial score (nSPS) is 13.6. The van der Waals surface area contributed by atoms with Crippen LogP contribution >= 0.6 is 11.6 Å². The topological polar surface area (TPSA) is 66.0 Å². The van der Waals surface area contributed by atoms with Crippen molar-refractivity contribution in [3.05, 3.63) is 59.2 Å². The predicted molar refractivity (Wildman–Crippen MR) is 110 cm³/mol. The van der Waals surface area contributed by atoms with Crippen LogP contribution in [0.4, 0.5) is 28.8 Å². The Morgan fingerprint density at radius 3 is 2.44 bits per heavy atom. The molecule has 0 spiro atoms. The molecular formula is C20H21ClN6. The molecule has 0 saturated carbocycles. The van der Waals surface area contributed by atoms with E-state index in [2.05, 4.69) is 55.0 Å². The zero-order valence-electron chi connectivity index (χ0n) is 15.1. The molecule has 0 amide bonds. The third-order valence-electron chi connectivity index (χ3n) is 4.60. The van der Waals surface area contributed by atoms with E-state index in [1.54, 1.807) is 6.20 Å². The first-order valence-corrected chi connectivity index (χ1v) is 9.40. The van der Waals surface area contributed by atoms with Crippen molar-refractivity contribution in [3.8, 4) is 0 Å². The summed E-state index contributed by atoms with van der Waals surface area (Å²) in [5.41, 5.74) is 4.06. The first-order valence-electron chi connectivity index (χ1n) is 9.02. The zero-order chi connectivity index (χ0) is 18.6. The van der Waals surface area contributed by atoms with Crippen LogP contribution in [0.2, 0.25) is 5.02 Å². The number of hydrogen-bond acceptors (Lipinski definition) is 6. The van der Waals surface area contributed by atoms with Gasteiger partial charge in [-0.1, -0.05) is 17.7 Å². The van der Waals surface area contributed by atoms with E-state index in [1.165, 1.54) is 18.5 Å². The highest BCUT2D eigenvalue weighted by atomic mass is 35.5. The number of nitrogens with one attached hydrogen (secondary N) is 2. The summed E-state index contributed by atoms with van der Waals surface area (Å²) in [7, 11) is 0. The van der Waals surface area contributed by atoms with Crippen molar-refractivity contribution < 1.29 is 0 Å². The lowest BCUT2D eigenvalue weighted by molar-refractivity contribution is 0.949. The van der Waals surface area contributed by atoms with Crippen molar-refractivity contribution in [2.24, 2.45) is 0 Å². The van der Waals surface area contributed by atoms with Crippen molar-refractivity contribution >= 4 is 40.4 Å². The number of nitrogens with zero attached hydrogens (tertiary/aromatic N) is 4. The molecule has 6 nitrogen and oxygen atoms in total. The predicted octanol–water partition coefficient (Wildman–Crippen LogP) is 4.92. The first kappa shape index (κ1) is 17.5. The Bertz CT molecular complexity index is 922. The molecule has 1 saturated heterocycles. The van der Waals surface area contributed by atoms with Crippen molar-refractivity contribution in [2.45, 2.75) is 19.8 Å². The average Bonchev–Trinajstić information content (AvgIpc) is 3.21. The molecule has 0 aliphatic carbocycles. The molecule has 0 radical (unpaired) electrons. The van der Waals surface area contributed by atoms with Gasteiger partial charge in [0.2, 0.25) is 5.95 Å². The number of benzene rings is 2. The van der Waals surface area contributed by atoms with Gasteiger partial charge in [0.1, 0.15) is 0 Å². The third-order valence-corrected chi connectivity index (χ3v) is 5.00. The summed E-state index contributed by atoms with van der Waals surface area (Å²) in [6.45, 7) is 4.24. The van der Waals surface area contributed by atoms with Gasteiger partial charge in [-0.15, -0.1) is 5.10 Å². The molecule has 1 aromatic heterocycles. The summed E-state index contributed by atoms with van der Waals surface area (Å²) in [6, 6.07) is 14.1. The smallest absolute Gasteiger partial charge is 0.249 e. The minimum absolute atomic E-state index is 0.411. The lowest BCUT2D eigenvalue weighted by atomic mass is 10.2. The van der Waals surface area contributed by atoms with Crippen LogP contribution in [0, 0.1) is 6.92 Å². The van der Waals surface area contributed by atoms with E-state index < -0.39 is 0 Å². The summed E-state index contributed by atoms with van der Waals surface area (Å²) in [4.78, 5) is 6.87. The van der Waals surface area contributed by atoms with Gasteiger partial charge in [0.05, 0.1) is 6.20 Å². The highest BCUT2D eigenvalue weighted by Gasteiger charge is 2.12. The molecule has 4 rings (SSSR count). The number of anilines is 5. The largest absolute Gasteiger partial charge is 0.372 e. The fourth-order valence-electron chi connectivity index (χ4n) is 3.10. The van der Waals surface area contributed by atoms with E-state index in [0.717, 1.165) is 30.0 Å². The highest BCUT2D eigenvalue weighted by molar-refractivity contribution is 6.31. The zero-order valence-corrected chi connectivity index (χ0v) is 15.9. The number of halogens is 1. The Labute approximate surface area is 163 Å². The van der Waals surface area contributed by atoms with Gasteiger partial charge < -0.3 is 15.5 Å². The monoisotopic (exact) mass is 380 g/mol. The first-order chi connectivity index (χ1) is 13.2. The number of hydrogen-bond donors (Lipinski definition) is 2. The van der Waals surface area contributed by atoms with Crippen LogP contribution in [0.25, 0.3) is 0 Å². The van der Waals surface area contributed by atoms with Crippen LogP contribution < -0.4 is 15.5 Å². The van der Waals surface area contributed by atoms with E-state index in [1.807, 2.05) is 25.1 Å². The molecular weight excluding hydrogens is 360 g/mol. The SMILES string of the molecule is Cc1ccc(Nc2nncc(Nc3ccc(N4CCCC4)cc3)n2)cc1Cl. The summed E-state index contributed by atoms with van der Waals surface area (Å²) < 4.78 is 0. The van der Waals surface area contributed by atoms with Gasteiger partial charge in [0.25, 0.3) is 0 Å². The second kappa shape index (κ2) is 7.80. The average molecular weight is 381 g/mol. The molecule has 2 aromatic carbocycles. The molecule has 1 aliphatic rings. The lowest BCUT2D eigenvalue weighted by Crippen LogP contribution is -2.17. The Kier molecular flexibility index (Phi) is 5.07. The Morgan fingerprint density at radius 2 is 1.70 bits per heavy atom. The molecule has 7 heteroatoms. The van der Waals surface area contributed by atoms with Crippen LogP contribution in [0.1, 0.15) is 18.4 Å². The van der Waals surface area contributed by atoms with E-state index in [0.29, 0.717) is 16.8 Å². The van der Waals surface area contributed by atoms with E-state index in [-0.39, 0.29) is 0 Å². The fraction of sp³-hybridized carbons (Fsp3) is 0.250.